The first kappa shape index (κ1) is 11.5. The average molecular weight is 231 g/mol. The Balaban J connectivity index is 2.51. The molecule has 0 saturated heterocycles. The number of halogens is 2. The molecule has 0 saturated carbocycles. The van der Waals surface area contributed by atoms with E-state index in [4.69, 9.17) is 11.6 Å². The van der Waals surface area contributed by atoms with Crippen LogP contribution in [0.15, 0.2) is 24.3 Å². The van der Waals surface area contributed by atoms with E-state index in [-0.39, 0.29) is 5.88 Å². The Morgan fingerprint density at radius 1 is 1.27 bits per heavy atom. The highest BCUT2D eigenvalue weighted by Crippen LogP contribution is 2.07. The number of rotatable bonds is 2. The van der Waals surface area contributed by atoms with Crippen LogP contribution >= 0.6 is 11.6 Å². The van der Waals surface area contributed by atoms with Crippen LogP contribution in [0.5, 0.6) is 0 Å². The van der Waals surface area contributed by atoms with Gasteiger partial charge in [0.2, 0.25) is 5.91 Å². The second kappa shape index (κ2) is 5.31. The third-order valence-electron chi connectivity index (χ3n) is 1.48. The number of urea groups is 1. The van der Waals surface area contributed by atoms with E-state index in [1.807, 2.05) is 5.32 Å². The maximum atomic E-state index is 12.5. The third kappa shape index (κ3) is 3.95. The van der Waals surface area contributed by atoms with E-state index in [9.17, 15) is 14.0 Å². The van der Waals surface area contributed by atoms with Crippen LogP contribution in [-0.4, -0.2) is 17.8 Å². The molecule has 0 aliphatic carbocycles. The average Bonchev–Trinajstić information content (AvgIpc) is 2.21. The minimum atomic E-state index is -0.702. The normalized spacial score (nSPS) is 9.47. The molecule has 0 heterocycles. The number of anilines is 1. The lowest BCUT2D eigenvalue weighted by Crippen LogP contribution is -2.35. The Morgan fingerprint density at radius 3 is 2.40 bits per heavy atom. The Hall–Kier alpha value is -1.62. The van der Waals surface area contributed by atoms with Crippen LogP contribution in [0.1, 0.15) is 0 Å². The van der Waals surface area contributed by atoms with E-state index in [1.54, 1.807) is 0 Å². The minimum absolute atomic E-state index is 0.295. The van der Waals surface area contributed by atoms with Crippen molar-refractivity contribution in [2.75, 3.05) is 11.2 Å². The molecule has 1 aromatic rings. The van der Waals surface area contributed by atoms with Crippen LogP contribution < -0.4 is 10.6 Å². The van der Waals surface area contributed by atoms with E-state index in [2.05, 4.69) is 5.32 Å². The smallest absolute Gasteiger partial charge is 0.308 e. The zero-order chi connectivity index (χ0) is 11.3. The summed E-state index contributed by atoms with van der Waals surface area (Å²) in [6.45, 7) is 0. The maximum absolute atomic E-state index is 12.5. The molecule has 0 bridgehead atoms. The van der Waals surface area contributed by atoms with Gasteiger partial charge in [0.1, 0.15) is 11.7 Å². The lowest BCUT2D eigenvalue weighted by atomic mass is 10.3. The number of alkyl halides is 1. The van der Waals surface area contributed by atoms with Crippen molar-refractivity contribution in [2.45, 2.75) is 0 Å². The number of imide groups is 1. The molecule has 15 heavy (non-hydrogen) atoms. The second-order valence-corrected chi connectivity index (χ2v) is 2.91. The van der Waals surface area contributed by atoms with Gasteiger partial charge in [-0.2, -0.15) is 0 Å². The number of hydrogen-bond acceptors (Lipinski definition) is 2. The van der Waals surface area contributed by atoms with E-state index in [0.717, 1.165) is 0 Å². The largest absolute Gasteiger partial charge is 0.325 e. The van der Waals surface area contributed by atoms with E-state index in [1.165, 1.54) is 24.3 Å². The molecule has 0 aromatic heterocycles. The summed E-state index contributed by atoms with van der Waals surface area (Å²) in [6.07, 6.45) is 0. The lowest BCUT2D eigenvalue weighted by molar-refractivity contribution is -0.117. The van der Waals surface area contributed by atoms with Gasteiger partial charge in [-0.3, -0.25) is 10.1 Å². The number of hydrogen-bond donors (Lipinski definition) is 2. The maximum Gasteiger partial charge on any atom is 0.325 e. The topological polar surface area (TPSA) is 58.2 Å². The molecule has 4 nitrogen and oxygen atoms in total. The zero-order valence-electron chi connectivity index (χ0n) is 7.59. The SMILES string of the molecule is O=C(CCl)NC(=O)Nc1ccc(F)cc1. The van der Waals surface area contributed by atoms with Gasteiger partial charge >= 0.3 is 6.03 Å². The molecule has 3 amide bonds. The summed E-state index contributed by atoms with van der Waals surface area (Å²) in [5.41, 5.74) is 0.385. The predicted octanol–water partition coefficient (Wildman–Crippen LogP) is 1.71. The summed E-state index contributed by atoms with van der Waals surface area (Å²) in [6, 6.07) is 4.44. The number of carbonyl (C=O) groups excluding carboxylic acids is 2. The van der Waals surface area contributed by atoms with Crippen molar-refractivity contribution in [3.8, 4) is 0 Å². The van der Waals surface area contributed by atoms with Crippen molar-refractivity contribution in [3.63, 3.8) is 0 Å². The number of benzene rings is 1. The highest BCUT2D eigenvalue weighted by molar-refractivity contribution is 6.28. The molecule has 0 atom stereocenters. The molecule has 0 unspecified atom stereocenters. The monoisotopic (exact) mass is 230 g/mol. The molecule has 0 aliphatic rings. The summed E-state index contributed by atoms with van der Waals surface area (Å²) in [5, 5.41) is 4.32. The third-order valence-corrected chi connectivity index (χ3v) is 1.72. The number of carbonyl (C=O) groups is 2. The fraction of sp³-hybridized carbons (Fsp3) is 0.111. The summed E-state index contributed by atoms with van der Waals surface area (Å²) in [7, 11) is 0. The van der Waals surface area contributed by atoms with Crippen LogP contribution in [0.3, 0.4) is 0 Å². The molecule has 0 aliphatic heterocycles. The van der Waals surface area contributed by atoms with Gasteiger partial charge in [-0.05, 0) is 24.3 Å². The Morgan fingerprint density at radius 2 is 1.87 bits per heavy atom. The van der Waals surface area contributed by atoms with Gasteiger partial charge in [-0.15, -0.1) is 11.6 Å². The Kier molecular flexibility index (Phi) is 4.05. The van der Waals surface area contributed by atoms with Gasteiger partial charge in [0.05, 0.1) is 0 Å². The molecule has 6 heteroatoms. The molecule has 80 valence electrons. The highest BCUT2D eigenvalue weighted by Gasteiger charge is 2.05. The first-order valence-electron chi connectivity index (χ1n) is 4.04. The van der Waals surface area contributed by atoms with Crippen molar-refractivity contribution in [1.29, 1.82) is 0 Å². The van der Waals surface area contributed by atoms with Crippen molar-refractivity contribution in [3.05, 3.63) is 30.1 Å². The summed E-state index contributed by atoms with van der Waals surface area (Å²) in [5.74, 6) is -1.30. The minimum Gasteiger partial charge on any atom is -0.308 e. The molecule has 2 N–H and O–H groups in total. The molecular weight excluding hydrogens is 223 g/mol. The van der Waals surface area contributed by atoms with Crippen molar-refractivity contribution < 1.29 is 14.0 Å². The van der Waals surface area contributed by atoms with Gasteiger partial charge in [-0.1, -0.05) is 0 Å². The summed E-state index contributed by atoms with van der Waals surface area (Å²) in [4.78, 5) is 21.8. The predicted molar refractivity (Wildman–Crippen MR) is 54.3 cm³/mol. The first-order valence-corrected chi connectivity index (χ1v) is 4.57. The molecule has 1 rings (SSSR count). The van der Waals surface area contributed by atoms with Gasteiger partial charge in [-0.25, -0.2) is 9.18 Å². The van der Waals surface area contributed by atoms with E-state index >= 15 is 0 Å². The van der Waals surface area contributed by atoms with E-state index < -0.39 is 17.8 Å². The standard InChI is InChI=1S/C9H8ClFN2O2/c10-5-8(14)13-9(15)12-7-3-1-6(11)2-4-7/h1-4H,5H2,(H2,12,13,14,15). The molecular formula is C9H8ClFN2O2. The van der Waals surface area contributed by atoms with Crippen LogP contribution in [-0.2, 0) is 4.79 Å². The van der Waals surface area contributed by atoms with Crippen LogP contribution in [0.25, 0.3) is 0 Å². The highest BCUT2D eigenvalue weighted by atomic mass is 35.5. The molecule has 0 radical (unpaired) electrons. The number of amides is 3. The summed E-state index contributed by atoms with van der Waals surface area (Å²) >= 11 is 5.18. The fourth-order valence-electron chi connectivity index (χ4n) is 0.856. The zero-order valence-corrected chi connectivity index (χ0v) is 8.34. The molecule has 0 spiro atoms. The van der Waals surface area contributed by atoms with Crippen LogP contribution in [0.2, 0.25) is 0 Å². The Bertz CT molecular complexity index is 367. The molecule has 0 fully saturated rings. The van der Waals surface area contributed by atoms with E-state index in [0.29, 0.717) is 5.69 Å². The second-order valence-electron chi connectivity index (χ2n) is 2.64. The lowest BCUT2D eigenvalue weighted by Gasteiger charge is -2.04. The van der Waals surface area contributed by atoms with Crippen LogP contribution in [0.4, 0.5) is 14.9 Å². The molecule has 1 aromatic carbocycles. The Labute approximate surface area is 90.4 Å². The van der Waals surface area contributed by atoms with Gasteiger partial charge in [0.15, 0.2) is 0 Å². The van der Waals surface area contributed by atoms with Crippen LogP contribution in [0, 0.1) is 5.82 Å². The quantitative estimate of drug-likeness (QED) is 0.760. The van der Waals surface area contributed by atoms with Crippen molar-refractivity contribution in [2.24, 2.45) is 0 Å². The van der Waals surface area contributed by atoms with Gasteiger partial charge in [0.25, 0.3) is 0 Å². The summed E-state index contributed by atoms with van der Waals surface area (Å²) < 4.78 is 12.5. The first-order chi connectivity index (χ1) is 7.11. The van der Waals surface area contributed by atoms with Crippen molar-refractivity contribution in [1.82, 2.24) is 5.32 Å². The van der Waals surface area contributed by atoms with Gasteiger partial charge in [0, 0.05) is 5.69 Å². The van der Waals surface area contributed by atoms with Crippen molar-refractivity contribution >= 4 is 29.2 Å². The fourth-order valence-corrected chi connectivity index (χ4v) is 0.922. The number of nitrogens with one attached hydrogen (secondary N) is 2. The van der Waals surface area contributed by atoms with Gasteiger partial charge < -0.3 is 5.32 Å².